The summed E-state index contributed by atoms with van der Waals surface area (Å²) in [5.74, 6) is -2.62. The Kier molecular flexibility index (Phi) is 7.00. The topological polar surface area (TPSA) is 166 Å². The van der Waals surface area contributed by atoms with Crippen molar-refractivity contribution in [2.75, 3.05) is 4.90 Å². The van der Waals surface area contributed by atoms with E-state index in [4.69, 9.17) is 16.3 Å². The first kappa shape index (κ1) is 29.8. The van der Waals surface area contributed by atoms with Gasteiger partial charge in [0.25, 0.3) is 11.4 Å². The van der Waals surface area contributed by atoms with Crippen LogP contribution < -0.4 is 14.5 Å². The summed E-state index contributed by atoms with van der Waals surface area (Å²) >= 11 is 8.60. The third-order valence-electron chi connectivity index (χ3n) is 9.89. The van der Waals surface area contributed by atoms with Crippen LogP contribution >= 0.6 is 34.7 Å². The lowest BCUT2D eigenvalue weighted by molar-refractivity contribution is -0.385. The van der Waals surface area contributed by atoms with Crippen LogP contribution in [0.1, 0.15) is 28.3 Å². The highest BCUT2D eigenvalue weighted by Crippen LogP contribution is 2.69. The summed E-state index contributed by atoms with van der Waals surface area (Å²) in [6.45, 7) is 0.168. The minimum atomic E-state index is -0.624. The van der Waals surface area contributed by atoms with Crippen LogP contribution in [0.15, 0.2) is 76.6 Å². The van der Waals surface area contributed by atoms with E-state index in [9.17, 15) is 34.6 Å². The van der Waals surface area contributed by atoms with Gasteiger partial charge >= 0.3 is 4.87 Å². The van der Waals surface area contributed by atoms with E-state index in [-0.39, 0.29) is 63.4 Å². The first-order valence-electron chi connectivity index (χ1n) is 14.8. The van der Waals surface area contributed by atoms with Gasteiger partial charge in [0.15, 0.2) is 0 Å². The van der Waals surface area contributed by atoms with Gasteiger partial charge in [-0.2, -0.15) is 0 Å². The standard InChI is InChI=1S/C32H23ClN4O8S2/c33-15-3-1-14(2-4-15)13-45-22-10-9-18(37(43)44)11-19(22)23-24-20-12-21(27(24)46-29-28(23)47-32(40)34-29)26-25(20)30(38)35(31(26)39)16-5-7-17(8-6-16)36(41)42/h1-11,20-21,23-27H,12-13H2,(H,34,40)/t20?,21?,23-,24?,25?,26?,27?/m1/s1. The number of non-ortho nitro benzene ring substituents is 2. The van der Waals surface area contributed by atoms with Crippen LogP contribution in [-0.2, 0) is 16.2 Å². The minimum Gasteiger partial charge on any atom is -0.489 e. The molecule has 3 heterocycles. The smallest absolute Gasteiger partial charge is 0.305 e. The normalized spacial score (nSPS) is 27.0. The van der Waals surface area contributed by atoms with E-state index in [1.165, 1.54) is 48.2 Å². The largest absolute Gasteiger partial charge is 0.489 e. The Morgan fingerprint density at radius 3 is 2.23 bits per heavy atom. The van der Waals surface area contributed by atoms with Gasteiger partial charge < -0.3 is 9.72 Å². The molecule has 3 aromatic carbocycles. The Morgan fingerprint density at radius 2 is 1.55 bits per heavy atom. The van der Waals surface area contributed by atoms with Crippen molar-refractivity contribution in [1.29, 1.82) is 0 Å². The van der Waals surface area contributed by atoms with E-state index in [0.29, 0.717) is 27.8 Å². The molecule has 0 radical (unpaired) electrons. The zero-order valence-corrected chi connectivity index (χ0v) is 26.5. The molecule has 1 N–H and O–H groups in total. The highest BCUT2D eigenvalue weighted by atomic mass is 35.5. The van der Waals surface area contributed by atoms with Crippen LogP contribution in [0.4, 0.5) is 17.1 Å². The van der Waals surface area contributed by atoms with Crippen molar-refractivity contribution in [2.45, 2.75) is 29.2 Å². The number of hydrogen-bond donors (Lipinski definition) is 1. The summed E-state index contributed by atoms with van der Waals surface area (Å²) in [5, 5.41) is 24.3. The molecule has 1 saturated heterocycles. The number of fused-ring (bicyclic) bond motifs is 9. The summed E-state index contributed by atoms with van der Waals surface area (Å²) in [6.07, 6.45) is 0.620. The second kappa shape index (κ2) is 11.0. The second-order valence-electron chi connectivity index (χ2n) is 12.1. The molecule has 2 aliphatic carbocycles. The van der Waals surface area contributed by atoms with E-state index in [1.54, 1.807) is 18.2 Å². The number of anilines is 1. The molecule has 6 unspecified atom stereocenters. The number of nitro benzene ring substituents is 2. The van der Waals surface area contributed by atoms with Crippen LogP contribution in [0, 0.1) is 49.8 Å². The van der Waals surface area contributed by atoms with Gasteiger partial charge in [0.2, 0.25) is 11.8 Å². The summed E-state index contributed by atoms with van der Waals surface area (Å²) in [5.41, 5.74) is 1.40. The highest BCUT2D eigenvalue weighted by Gasteiger charge is 2.70. The SMILES string of the molecule is O=C1C2C3CC(C2C(=O)N1c1ccc([N+](=O)[O-])cc1)C1C3Sc2[nH]c(=O)sc2[C@@H]1c1cc([N+](=O)[O-])ccc1OCc1ccc(Cl)cc1. The summed E-state index contributed by atoms with van der Waals surface area (Å²) in [7, 11) is 0. The van der Waals surface area contributed by atoms with E-state index < -0.39 is 27.6 Å². The molecule has 7 atom stereocenters. The summed E-state index contributed by atoms with van der Waals surface area (Å²) in [4.78, 5) is 67.4. The molecule has 1 aromatic heterocycles. The van der Waals surface area contributed by atoms with Crippen molar-refractivity contribution in [3.63, 3.8) is 0 Å². The van der Waals surface area contributed by atoms with Crippen molar-refractivity contribution < 1.29 is 24.2 Å². The van der Waals surface area contributed by atoms with Gasteiger partial charge in [-0.1, -0.05) is 35.1 Å². The molecule has 3 fully saturated rings. The Morgan fingerprint density at radius 1 is 0.894 bits per heavy atom. The molecule has 238 valence electrons. The molecule has 47 heavy (non-hydrogen) atoms. The van der Waals surface area contributed by atoms with Crippen LogP contribution in [0.3, 0.4) is 0 Å². The fourth-order valence-corrected chi connectivity index (χ4v) is 11.1. The number of nitrogens with zero attached hydrogens (tertiary/aromatic N) is 3. The zero-order valence-electron chi connectivity index (χ0n) is 24.1. The van der Waals surface area contributed by atoms with Crippen molar-refractivity contribution in [2.24, 2.45) is 29.6 Å². The lowest BCUT2D eigenvalue weighted by atomic mass is 9.68. The predicted octanol–water partition coefficient (Wildman–Crippen LogP) is 6.16. The van der Waals surface area contributed by atoms with Gasteiger partial charge in [-0.05, 0) is 60.1 Å². The number of ether oxygens (including phenoxy) is 1. The molecule has 2 amide bonds. The lowest BCUT2D eigenvalue weighted by Crippen LogP contribution is -2.42. The van der Waals surface area contributed by atoms with Gasteiger partial charge in [-0.25, -0.2) is 0 Å². The van der Waals surface area contributed by atoms with E-state index in [1.807, 2.05) is 12.1 Å². The quantitative estimate of drug-likeness (QED) is 0.136. The third-order valence-corrected chi connectivity index (χ3v) is 12.7. The number of carbonyl (C=O) groups is 2. The number of nitro groups is 2. The number of aromatic amines is 1. The van der Waals surface area contributed by atoms with Crippen LogP contribution in [0.25, 0.3) is 0 Å². The molecule has 2 aliphatic heterocycles. The van der Waals surface area contributed by atoms with Gasteiger partial charge in [0, 0.05) is 50.9 Å². The molecule has 8 rings (SSSR count). The molecule has 4 aromatic rings. The average molecular weight is 691 g/mol. The van der Waals surface area contributed by atoms with Gasteiger partial charge in [-0.15, -0.1) is 11.8 Å². The molecule has 0 spiro atoms. The molecule has 12 nitrogen and oxygen atoms in total. The fourth-order valence-electron chi connectivity index (χ4n) is 8.11. The number of aromatic nitrogens is 1. The van der Waals surface area contributed by atoms with E-state index >= 15 is 0 Å². The van der Waals surface area contributed by atoms with Crippen molar-refractivity contribution in [3.8, 4) is 5.75 Å². The maximum absolute atomic E-state index is 14.1. The van der Waals surface area contributed by atoms with E-state index in [2.05, 4.69) is 4.98 Å². The number of nitrogens with one attached hydrogen (secondary N) is 1. The Balaban J connectivity index is 1.20. The number of benzene rings is 3. The van der Waals surface area contributed by atoms with Gasteiger partial charge in [-0.3, -0.25) is 39.5 Å². The number of hydrogen-bond acceptors (Lipinski definition) is 10. The molecule has 4 aliphatic rings. The Hall–Kier alpha value is -4.53. The fraction of sp³-hybridized carbons (Fsp3) is 0.281. The summed E-state index contributed by atoms with van der Waals surface area (Å²) < 4.78 is 6.29. The van der Waals surface area contributed by atoms with E-state index in [0.717, 1.165) is 26.7 Å². The number of amides is 2. The first-order valence-corrected chi connectivity index (χ1v) is 16.9. The van der Waals surface area contributed by atoms with Crippen molar-refractivity contribution >= 4 is 63.6 Å². The third kappa shape index (κ3) is 4.68. The maximum atomic E-state index is 14.1. The predicted molar refractivity (Wildman–Crippen MR) is 173 cm³/mol. The minimum absolute atomic E-state index is 0.129. The molecule has 15 heteroatoms. The van der Waals surface area contributed by atoms with Gasteiger partial charge in [0.1, 0.15) is 12.4 Å². The number of imide groups is 1. The highest BCUT2D eigenvalue weighted by molar-refractivity contribution is 8.00. The molecule has 2 saturated carbocycles. The number of thiazole rings is 1. The lowest BCUT2D eigenvalue weighted by Gasteiger charge is -2.43. The number of rotatable bonds is 7. The number of carbonyl (C=O) groups excluding carboxylic acids is 2. The second-order valence-corrected chi connectivity index (χ2v) is 14.8. The molecular formula is C32H23ClN4O8S2. The van der Waals surface area contributed by atoms with Crippen LogP contribution in [0.5, 0.6) is 5.75 Å². The Bertz CT molecular complexity index is 2050. The number of H-pyrrole nitrogens is 1. The molecule has 2 bridgehead atoms. The zero-order chi connectivity index (χ0) is 32.7. The first-order chi connectivity index (χ1) is 22.6. The number of thioether (sulfide) groups is 1. The average Bonchev–Trinajstić information content (AvgIpc) is 3.79. The Labute approximate surface area is 279 Å². The van der Waals surface area contributed by atoms with Crippen LogP contribution in [0.2, 0.25) is 5.02 Å². The number of halogens is 1. The van der Waals surface area contributed by atoms with Crippen molar-refractivity contribution in [1.82, 2.24) is 4.98 Å². The molecular weight excluding hydrogens is 668 g/mol. The van der Waals surface area contributed by atoms with Crippen molar-refractivity contribution in [3.05, 3.63) is 118 Å². The van der Waals surface area contributed by atoms with Crippen LogP contribution in [-0.4, -0.2) is 31.9 Å². The monoisotopic (exact) mass is 690 g/mol. The maximum Gasteiger partial charge on any atom is 0.305 e. The van der Waals surface area contributed by atoms with Gasteiger partial charge in [0.05, 0.1) is 32.4 Å². The summed E-state index contributed by atoms with van der Waals surface area (Å²) in [6, 6.07) is 17.0.